The minimum atomic E-state index is -3.60. The van der Waals surface area contributed by atoms with Gasteiger partial charge in [-0.15, -0.1) is 11.3 Å². The number of nitrogens with one attached hydrogen (secondary N) is 1. The molecular weight excluding hydrogens is 456 g/mol. The highest BCUT2D eigenvalue weighted by molar-refractivity contribution is 7.89. The van der Waals surface area contributed by atoms with Crippen LogP contribution in [0.15, 0.2) is 77.1 Å². The minimum absolute atomic E-state index is 0.0920. The average Bonchev–Trinajstić information content (AvgIpc) is 3.51. The fourth-order valence-corrected chi connectivity index (χ4v) is 6.37. The van der Waals surface area contributed by atoms with E-state index >= 15 is 0 Å². The van der Waals surface area contributed by atoms with Gasteiger partial charge in [-0.1, -0.05) is 36.4 Å². The number of thiophene rings is 1. The Morgan fingerprint density at radius 1 is 1.03 bits per heavy atom. The number of sulfonamides is 1. The Kier molecular flexibility index (Phi) is 6.01. The van der Waals surface area contributed by atoms with Crippen molar-refractivity contribution >= 4 is 43.9 Å². The first-order valence-electron chi connectivity index (χ1n) is 10.8. The molecule has 0 radical (unpaired) electrons. The van der Waals surface area contributed by atoms with Gasteiger partial charge in [0.2, 0.25) is 15.9 Å². The normalized spacial score (nSPS) is 15.6. The molecule has 2 aromatic carbocycles. The van der Waals surface area contributed by atoms with Gasteiger partial charge in [0.05, 0.1) is 17.6 Å². The van der Waals surface area contributed by atoms with E-state index < -0.39 is 10.0 Å². The number of fused-ring (bicyclic) bond motifs is 1. The Bertz CT molecular complexity index is 1370. The van der Waals surface area contributed by atoms with E-state index in [0.29, 0.717) is 43.2 Å². The topological polar surface area (TPSA) is 84.3 Å². The van der Waals surface area contributed by atoms with Crippen molar-refractivity contribution in [2.45, 2.75) is 24.3 Å². The number of piperidine rings is 1. The number of rotatable bonds is 6. The van der Waals surface area contributed by atoms with Crippen molar-refractivity contribution in [3.05, 3.63) is 77.1 Å². The van der Waals surface area contributed by atoms with Crippen LogP contribution in [-0.2, 0) is 21.4 Å². The van der Waals surface area contributed by atoms with Crippen LogP contribution < -0.4 is 5.32 Å². The predicted octanol–water partition coefficient (Wildman–Crippen LogP) is 4.19. The molecule has 0 atom stereocenters. The molecule has 1 saturated heterocycles. The SMILES string of the molecule is O=C(Nc1ccnn1Cc1cccs1)C1CCN(S(=O)(=O)c2ccc3ccccc3c2)CC1. The number of hydrogen-bond donors (Lipinski definition) is 1. The molecule has 0 spiro atoms. The van der Waals surface area contributed by atoms with Gasteiger partial charge >= 0.3 is 0 Å². The molecule has 9 heteroatoms. The summed E-state index contributed by atoms with van der Waals surface area (Å²) in [6, 6.07) is 18.7. The third-order valence-electron chi connectivity index (χ3n) is 6.04. The van der Waals surface area contributed by atoms with Gasteiger partial charge in [0.1, 0.15) is 5.82 Å². The standard InChI is InChI=1S/C24H24N4O3S2/c29-24(26-23-9-12-25-28(23)17-21-6-3-15-32-21)19-10-13-27(14-11-19)33(30,31)22-8-7-18-4-1-2-5-20(18)16-22/h1-9,12,15-16,19H,10-11,13-14,17H2,(H,26,29). The summed E-state index contributed by atoms with van der Waals surface area (Å²) in [6.45, 7) is 1.24. The summed E-state index contributed by atoms with van der Waals surface area (Å²) < 4.78 is 29.6. The lowest BCUT2D eigenvalue weighted by Crippen LogP contribution is -2.41. The van der Waals surface area contributed by atoms with Crippen molar-refractivity contribution in [3.8, 4) is 0 Å². The van der Waals surface area contributed by atoms with E-state index in [9.17, 15) is 13.2 Å². The molecule has 1 N–H and O–H groups in total. The summed E-state index contributed by atoms with van der Waals surface area (Å²) in [5.41, 5.74) is 0. The number of hydrogen-bond acceptors (Lipinski definition) is 5. The van der Waals surface area contributed by atoms with Gasteiger partial charge in [0, 0.05) is 30.0 Å². The van der Waals surface area contributed by atoms with Gasteiger partial charge in [-0.2, -0.15) is 9.40 Å². The van der Waals surface area contributed by atoms with Crippen molar-refractivity contribution in [2.24, 2.45) is 5.92 Å². The summed E-state index contributed by atoms with van der Waals surface area (Å²) in [5, 5.41) is 11.2. The molecule has 4 aromatic rings. The van der Waals surface area contributed by atoms with E-state index in [-0.39, 0.29) is 11.8 Å². The lowest BCUT2D eigenvalue weighted by atomic mass is 9.97. The second-order valence-electron chi connectivity index (χ2n) is 8.13. The molecule has 1 aliphatic heterocycles. The van der Waals surface area contributed by atoms with Crippen molar-refractivity contribution in [3.63, 3.8) is 0 Å². The highest BCUT2D eigenvalue weighted by Crippen LogP contribution is 2.27. The van der Waals surface area contributed by atoms with Crippen molar-refractivity contribution in [2.75, 3.05) is 18.4 Å². The van der Waals surface area contributed by atoms with E-state index in [0.717, 1.165) is 15.6 Å². The molecule has 0 aliphatic carbocycles. The second kappa shape index (κ2) is 9.09. The molecule has 5 rings (SSSR count). The van der Waals surface area contributed by atoms with Crippen LogP contribution in [0.3, 0.4) is 0 Å². The Labute approximate surface area is 196 Å². The molecule has 170 valence electrons. The van der Waals surface area contributed by atoms with E-state index in [1.807, 2.05) is 47.8 Å². The van der Waals surface area contributed by atoms with Gasteiger partial charge in [-0.3, -0.25) is 4.79 Å². The number of aromatic nitrogens is 2. The summed E-state index contributed by atoms with van der Waals surface area (Å²) in [5.74, 6) is 0.323. The van der Waals surface area contributed by atoms with Crippen LogP contribution in [0.1, 0.15) is 17.7 Å². The maximum absolute atomic E-state index is 13.2. The van der Waals surface area contributed by atoms with Gasteiger partial charge in [0.15, 0.2) is 0 Å². The van der Waals surface area contributed by atoms with Crippen molar-refractivity contribution < 1.29 is 13.2 Å². The molecule has 1 aliphatic rings. The molecule has 0 unspecified atom stereocenters. The Balaban J connectivity index is 1.22. The zero-order valence-electron chi connectivity index (χ0n) is 17.9. The van der Waals surface area contributed by atoms with E-state index in [2.05, 4.69) is 10.4 Å². The molecule has 33 heavy (non-hydrogen) atoms. The van der Waals surface area contributed by atoms with Gasteiger partial charge in [0.25, 0.3) is 0 Å². The molecule has 0 bridgehead atoms. The largest absolute Gasteiger partial charge is 0.311 e. The predicted molar refractivity (Wildman–Crippen MR) is 130 cm³/mol. The minimum Gasteiger partial charge on any atom is -0.311 e. The first-order chi connectivity index (χ1) is 16.0. The fourth-order valence-electron chi connectivity index (χ4n) is 4.18. The molecule has 1 fully saturated rings. The quantitative estimate of drug-likeness (QED) is 0.449. The zero-order chi connectivity index (χ0) is 22.8. The molecule has 3 heterocycles. The van der Waals surface area contributed by atoms with E-state index in [1.54, 1.807) is 40.4 Å². The van der Waals surface area contributed by atoms with Gasteiger partial charge in [-0.05, 0) is 47.2 Å². The van der Waals surface area contributed by atoms with Crippen LogP contribution in [-0.4, -0.2) is 41.5 Å². The van der Waals surface area contributed by atoms with Crippen LogP contribution in [0.2, 0.25) is 0 Å². The van der Waals surface area contributed by atoms with Crippen LogP contribution in [0, 0.1) is 5.92 Å². The Morgan fingerprint density at radius 3 is 2.58 bits per heavy atom. The van der Waals surface area contributed by atoms with Crippen LogP contribution in [0.5, 0.6) is 0 Å². The molecule has 2 aromatic heterocycles. The first kappa shape index (κ1) is 21.8. The highest BCUT2D eigenvalue weighted by Gasteiger charge is 2.32. The number of carbonyl (C=O) groups excluding carboxylic acids is 1. The second-order valence-corrected chi connectivity index (χ2v) is 11.1. The summed E-state index contributed by atoms with van der Waals surface area (Å²) in [4.78, 5) is 14.3. The van der Waals surface area contributed by atoms with Crippen molar-refractivity contribution in [1.82, 2.24) is 14.1 Å². The third-order valence-corrected chi connectivity index (χ3v) is 8.79. The third kappa shape index (κ3) is 4.57. The lowest BCUT2D eigenvalue weighted by molar-refractivity contribution is -0.121. The van der Waals surface area contributed by atoms with E-state index in [4.69, 9.17) is 0 Å². The molecule has 1 amide bonds. The number of nitrogens with zero attached hydrogens (tertiary/aromatic N) is 3. The maximum Gasteiger partial charge on any atom is 0.243 e. The average molecular weight is 481 g/mol. The van der Waals surface area contributed by atoms with Gasteiger partial charge in [-0.25, -0.2) is 13.1 Å². The zero-order valence-corrected chi connectivity index (χ0v) is 19.6. The molecule has 0 saturated carbocycles. The van der Waals surface area contributed by atoms with Crippen LogP contribution in [0.25, 0.3) is 10.8 Å². The maximum atomic E-state index is 13.2. The van der Waals surface area contributed by atoms with E-state index in [1.165, 1.54) is 4.31 Å². The molecular formula is C24H24N4O3S2. The summed E-state index contributed by atoms with van der Waals surface area (Å²) in [6.07, 6.45) is 2.64. The van der Waals surface area contributed by atoms with Crippen LogP contribution in [0.4, 0.5) is 5.82 Å². The molecule has 7 nitrogen and oxygen atoms in total. The highest BCUT2D eigenvalue weighted by atomic mass is 32.2. The lowest BCUT2D eigenvalue weighted by Gasteiger charge is -2.30. The smallest absolute Gasteiger partial charge is 0.243 e. The number of benzene rings is 2. The number of anilines is 1. The first-order valence-corrected chi connectivity index (χ1v) is 13.2. The van der Waals surface area contributed by atoms with Gasteiger partial charge < -0.3 is 5.32 Å². The number of amides is 1. The van der Waals surface area contributed by atoms with Crippen LogP contribution >= 0.6 is 11.3 Å². The Hall–Kier alpha value is -3.01. The fraction of sp³-hybridized carbons (Fsp3) is 0.250. The summed E-state index contributed by atoms with van der Waals surface area (Å²) >= 11 is 1.64. The van der Waals surface area contributed by atoms with Crippen molar-refractivity contribution in [1.29, 1.82) is 0 Å². The Morgan fingerprint density at radius 2 is 1.82 bits per heavy atom. The summed E-state index contributed by atoms with van der Waals surface area (Å²) in [7, 11) is -3.60. The number of carbonyl (C=O) groups is 1. The monoisotopic (exact) mass is 480 g/mol.